The second-order valence-corrected chi connectivity index (χ2v) is 9.14. The lowest BCUT2D eigenvalue weighted by Gasteiger charge is -2.09. The standard InChI is InChI=1S/C28H23ClN2O3S/c29-21-11-9-20(10-12-21)17-27(32)31-23-5-4-8-26(18-23)35-19-28(33)30-22-13-15-25(16-14-22)34-24-6-2-1-3-7-24/h1-16,18H,17,19H2,(H,30,33)(H,31,32). The van der Waals surface area contributed by atoms with Crippen molar-refractivity contribution < 1.29 is 14.3 Å². The first-order valence-corrected chi connectivity index (χ1v) is 12.3. The Bertz CT molecular complexity index is 1280. The normalized spacial score (nSPS) is 10.4. The van der Waals surface area contributed by atoms with E-state index in [-0.39, 0.29) is 24.0 Å². The number of hydrogen-bond donors (Lipinski definition) is 2. The Morgan fingerprint density at radius 1 is 0.714 bits per heavy atom. The van der Waals surface area contributed by atoms with Crippen LogP contribution in [0.4, 0.5) is 11.4 Å². The number of carbonyl (C=O) groups excluding carboxylic acids is 2. The smallest absolute Gasteiger partial charge is 0.234 e. The number of amides is 2. The quantitative estimate of drug-likeness (QED) is 0.241. The van der Waals surface area contributed by atoms with Gasteiger partial charge in [0.1, 0.15) is 11.5 Å². The lowest BCUT2D eigenvalue weighted by Crippen LogP contribution is -2.15. The van der Waals surface area contributed by atoms with Crippen LogP contribution in [0.1, 0.15) is 5.56 Å². The van der Waals surface area contributed by atoms with E-state index in [9.17, 15) is 9.59 Å². The zero-order valence-electron chi connectivity index (χ0n) is 18.7. The highest BCUT2D eigenvalue weighted by molar-refractivity contribution is 8.00. The number of para-hydroxylation sites is 1. The third-order valence-electron chi connectivity index (χ3n) is 4.88. The Hall–Kier alpha value is -3.74. The molecule has 4 rings (SSSR count). The SMILES string of the molecule is O=C(CSc1cccc(NC(=O)Cc2ccc(Cl)cc2)c1)Nc1ccc(Oc2ccccc2)cc1. The predicted molar refractivity (Wildman–Crippen MR) is 143 cm³/mol. The van der Waals surface area contributed by atoms with E-state index < -0.39 is 0 Å². The van der Waals surface area contributed by atoms with Gasteiger partial charge in [-0.15, -0.1) is 11.8 Å². The van der Waals surface area contributed by atoms with Crippen molar-refractivity contribution in [2.24, 2.45) is 0 Å². The van der Waals surface area contributed by atoms with Crippen molar-refractivity contribution in [3.8, 4) is 11.5 Å². The number of hydrogen-bond acceptors (Lipinski definition) is 4. The lowest BCUT2D eigenvalue weighted by molar-refractivity contribution is -0.115. The van der Waals surface area contributed by atoms with E-state index >= 15 is 0 Å². The Kier molecular flexibility index (Phi) is 8.44. The molecular formula is C28H23ClN2O3S. The average molecular weight is 503 g/mol. The van der Waals surface area contributed by atoms with Crippen LogP contribution in [0.15, 0.2) is 108 Å². The predicted octanol–water partition coefficient (Wildman–Crippen LogP) is 7.04. The van der Waals surface area contributed by atoms with E-state index in [0.717, 1.165) is 16.2 Å². The van der Waals surface area contributed by atoms with Crippen molar-refractivity contribution >= 4 is 46.6 Å². The van der Waals surface area contributed by atoms with Gasteiger partial charge in [-0.3, -0.25) is 9.59 Å². The van der Waals surface area contributed by atoms with E-state index in [1.54, 1.807) is 24.3 Å². The Morgan fingerprint density at radius 3 is 2.14 bits per heavy atom. The van der Waals surface area contributed by atoms with E-state index in [4.69, 9.17) is 16.3 Å². The Balaban J connectivity index is 1.24. The van der Waals surface area contributed by atoms with Crippen LogP contribution in [-0.2, 0) is 16.0 Å². The summed E-state index contributed by atoms with van der Waals surface area (Å²) in [4.78, 5) is 25.6. The van der Waals surface area contributed by atoms with Gasteiger partial charge in [0.2, 0.25) is 11.8 Å². The number of halogens is 1. The van der Waals surface area contributed by atoms with E-state index in [2.05, 4.69) is 10.6 Å². The Morgan fingerprint density at radius 2 is 1.40 bits per heavy atom. The van der Waals surface area contributed by atoms with Gasteiger partial charge in [-0.1, -0.05) is 48.0 Å². The molecule has 176 valence electrons. The van der Waals surface area contributed by atoms with Crippen LogP contribution in [0.3, 0.4) is 0 Å². The molecule has 0 aromatic heterocycles. The van der Waals surface area contributed by atoms with Gasteiger partial charge < -0.3 is 15.4 Å². The third-order valence-corrected chi connectivity index (χ3v) is 6.13. The molecule has 0 atom stereocenters. The molecule has 5 nitrogen and oxygen atoms in total. The summed E-state index contributed by atoms with van der Waals surface area (Å²) in [6.45, 7) is 0. The highest BCUT2D eigenvalue weighted by Gasteiger charge is 2.08. The van der Waals surface area contributed by atoms with Crippen molar-refractivity contribution in [1.82, 2.24) is 0 Å². The molecule has 7 heteroatoms. The summed E-state index contributed by atoms with van der Waals surface area (Å²) >= 11 is 7.29. The highest BCUT2D eigenvalue weighted by Crippen LogP contribution is 2.24. The zero-order chi connectivity index (χ0) is 24.5. The molecular weight excluding hydrogens is 480 g/mol. The third kappa shape index (κ3) is 7.91. The maximum Gasteiger partial charge on any atom is 0.234 e. The number of anilines is 2. The fraction of sp³-hybridized carbons (Fsp3) is 0.0714. The van der Waals surface area contributed by atoms with E-state index in [1.807, 2.05) is 78.9 Å². The second kappa shape index (κ2) is 12.1. The molecule has 0 fully saturated rings. The van der Waals surface area contributed by atoms with Crippen LogP contribution in [0.25, 0.3) is 0 Å². The molecule has 0 heterocycles. The van der Waals surface area contributed by atoms with Gasteiger partial charge in [0.05, 0.1) is 12.2 Å². The van der Waals surface area contributed by atoms with Crippen molar-refractivity contribution in [3.63, 3.8) is 0 Å². The van der Waals surface area contributed by atoms with Crippen molar-refractivity contribution in [3.05, 3.63) is 114 Å². The maximum absolute atomic E-state index is 12.4. The van der Waals surface area contributed by atoms with E-state index in [0.29, 0.717) is 22.1 Å². The van der Waals surface area contributed by atoms with Crippen LogP contribution < -0.4 is 15.4 Å². The van der Waals surface area contributed by atoms with Crippen LogP contribution in [0, 0.1) is 0 Å². The molecule has 0 aliphatic carbocycles. The minimum atomic E-state index is -0.121. The maximum atomic E-state index is 12.4. The van der Waals surface area contributed by atoms with Gasteiger partial charge in [-0.05, 0) is 72.3 Å². The van der Waals surface area contributed by atoms with Crippen LogP contribution in [0.2, 0.25) is 5.02 Å². The van der Waals surface area contributed by atoms with Gasteiger partial charge in [0, 0.05) is 21.3 Å². The molecule has 2 amide bonds. The number of nitrogens with one attached hydrogen (secondary N) is 2. The van der Waals surface area contributed by atoms with Gasteiger partial charge in [0.25, 0.3) is 0 Å². The molecule has 0 radical (unpaired) electrons. The molecule has 0 unspecified atom stereocenters. The topological polar surface area (TPSA) is 67.4 Å². The van der Waals surface area contributed by atoms with Gasteiger partial charge in [-0.2, -0.15) is 0 Å². The summed E-state index contributed by atoms with van der Waals surface area (Å²) < 4.78 is 5.77. The largest absolute Gasteiger partial charge is 0.457 e. The molecule has 0 aliphatic rings. The van der Waals surface area contributed by atoms with Crippen molar-refractivity contribution in [2.75, 3.05) is 16.4 Å². The molecule has 0 aliphatic heterocycles. The fourth-order valence-corrected chi connectivity index (χ4v) is 4.11. The lowest BCUT2D eigenvalue weighted by atomic mass is 10.1. The number of benzene rings is 4. The summed E-state index contributed by atoms with van der Waals surface area (Å²) in [6, 6.07) is 31.4. The van der Waals surface area contributed by atoms with E-state index in [1.165, 1.54) is 11.8 Å². The summed E-state index contributed by atoms with van der Waals surface area (Å²) in [6.07, 6.45) is 0.256. The van der Waals surface area contributed by atoms with Crippen LogP contribution >= 0.6 is 23.4 Å². The number of thioether (sulfide) groups is 1. The molecule has 35 heavy (non-hydrogen) atoms. The van der Waals surface area contributed by atoms with Gasteiger partial charge in [-0.25, -0.2) is 0 Å². The monoisotopic (exact) mass is 502 g/mol. The summed E-state index contributed by atoms with van der Waals surface area (Å²) in [7, 11) is 0. The first-order chi connectivity index (χ1) is 17.0. The minimum Gasteiger partial charge on any atom is -0.457 e. The first-order valence-electron chi connectivity index (χ1n) is 10.9. The molecule has 0 bridgehead atoms. The molecule has 4 aromatic carbocycles. The molecule has 4 aromatic rings. The van der Waals surface area contributed by atoms with Crippen LogP contribution in [-0.4, -0.2) is 17.6 Å². The molecule has 2 N–H and O–H groups in total. The van der Waals surface area contributed by atoms with Gasteiger partial charge >= 0.3 is 0 Å². The minimum absolute atomic E-state index is 0.119. The summed E-state index contributed by atoms with van der Waals surface area (Å²) in [5, 5.41) is 6.42. The highest BCUT2D eigenvalue weighted by atomic mass is 35.5. The van der Waals surface area contributed by atoms with Crippen molar-refractivity contribution in [2.45, 2.75) is 11.3 Å². The average Bonchev–Trinajstić information content (AvgIpc) is 2.86. The number of carbonyl (C=O) groups is 2. The number of ether oxygens (including phenoxy) is 1. The van der Waals surface area contributed by atoms with Gasteiger partial charge in [0.15, 0.2) is 0 Å². The first kappa shape index (κ1) is 24.4. The summed E-state index contributed by atoms with van der Waals surface area (Å²) in [5.41, 5.74) is 2.26. The van der Waals surface area contributed by atoms with Crippen LogP contribution in [0.5, 0.6) is 11.5 Å². The number of rotatable bonds is 9. The summed E-state index contributed by atoms with van der Waals surface area (Å²) in [5.74, 6) is 1.45. The molecule has 0 saturated carbocycles. The zero-order valence-corrected chi connectivity index (χ0v) is 20.3. The second-order valence-electron chi connectivity index (χ2n) is 7.66. The van der Waals surface area contributed by atoms with Crippen molar-refractivity contribution in [1.29, 1.82) is 0 Å². The Labute approximate surface area is 213 Å². The molecule has 0 spiro atoms. The fourth-order valence-electron chi connectivity index (χ4n) is 3.23. The molecule has 0 saturated heterocycles.